The van der Waals surface area contributed by atoms with Crippen LogP contribution in [-0.2, 0) is 0 Å². The smallest absolute Gasteiger partial charge is 0.137 e. The molecule has 0 aliphatic carbocycles. The van der Waals surface area contributed by atoms with Crippen molar-refractivity contribution in [3.05, 3.63) is 57.3 Å². The van der Waals surface area contributed by atoms with Crippen molar-refractivity contribution >= 4 is 27.5 Å². The van der Waals surface area contributed by atoms with Gasteiger partial charge in [-0.3, -0.25) is 10.8 Å². The van der Waals surface area contributed by atoms with E-state index in [1.807, 2.05) is 31.2 Å². The molecule has 2 aromatic rings. The van der Waals surface area contributed by atoms with Gasteiger partial charge in [-0.15, -0.1) is 0 Å². The van der Waals surface area contributed by atoms with E-state index in [1.165, 1.54) is 0 Å². The Kier molecular flexibility index (Phi) is 5.37. The van der Waals surface area contributed by atoms with E-state index in [2.05, 4.69) is 26.3 Å². The number of ether oxygens (including phenoxy) is 1. The van der Waals surface area contributed by atoms with Crippen LogP contribution in [0.2, 0.25) is 5.02 Å². The summed E-state index contributed by atoms with van der Waals surface area (Å²) in [6.45, 7) is 2.52. The van der Waals surface area contributed by atoms with Crippen LogP contribution in [0.4, 0.5) is 0 Å². The third-order valence-electron chi connectivity index (χ3n) is 2.82. The molecule has 4 nitrogen and oxygen atoms in total. The van der Waals surface area contributed by atoms with Crippen LogP contribution in [0.3, 0.4) is 0 Å². The molecule has 3 N–H and O–H groups in total. The van der Waals surface area contributed by atoms with Crippen molar-refractivity contribution in [3.63, 3.8) is 0 Å². The van der Waals surface area contributed by atoms with E-state index in [0.29, 0.717) is 17.4 Å². The van der Waals surface area contributed by atoms with E-state index in [9.17, 15) is 0 Å². The minimum Gasteiger partial charge on any atom is -0.492 e. The highest BCUT2D eigenvalue weighted by Gasteiger charge is 2.15. The summed E-state index contributed by atoms with van der Waals surface area (Å²) in [5, 5.41) is 0.636. The number of hydrogen-bond acceptors (Lipinski definition) is 4. The van der Waals surface area contributed by atoms with Crippen molar-refractivity contribution in [2.75, 3.05) is 6.61 Å². The second-order valence-electron chi connectivity index (χ2n) is 4.16. The Morgan fingerprint density at radius 2 is 2.15 bits per heavy atom. The number of benzene rings is 1. The van der Waals surface area contributed by atoms with Gasteiger partial charge < -0.3 is 4.74 Å². The summed E-state index contributed by atoms with van der Waals surface area (Å²) in [5.41, 5.74) is 4.65. The molecule has 0 spiro atoms. The van der Waals surface area contributed by atoms with Gasteiger partial charge in [-0.1, -0.05) is 17.7 Å². The standard InChI is InChI=1S/C14H15BrClN3O/c1-2-20-11-5-10(7-18-8-11)14(19-17)9-3-4-12(15)13(16)6-9/h3-8,14,19H,2,17H2,1H3. The Morgan fingerprint density at radius 1 is 1.35 bits per heavy atom. The largest absolute Gasteiger partial charge is 0.492 e. The first-order valence-corrected chi connectivity index (χ1v) is 7.31. The first kappa shape index (κ1) is 15.3. The quantitative estimate of drug-likeness (QED) is 0.636. The van der Waals surface area contributed by atoms with Crippen LogP contribution < -0.4 is 16.0 Å². The molecule has 0 aliphatic heterocycles. The van der Waals surface area contributed by atoms with Crippen molar-refractivity contribution in [2.45, 2.75) is 13.0 Å². The number of halogens is 2. The number of rotatable bonds is 5. The maximum absolute atomic E-state index is 6.13. The molecule has 1 unspecified atom stereocenters. The lowest BCUT2D eigenvalue weighted by Gasteiger charge is -2.18. The van der Waals surface area contributed by atoms with E-state index >= 15 is 0 Å². The zero-order chi connectivity index (χ0) is 14.5. The molecule has 0 bridgehead atoms. The monoisotopic (exact) mass is 355 g/mol. The average molecular weight is 357 g/mol. The second-order valence-corrected chi connectivity index (χ2v) is 5.42. The average Bonchev–Trinajstić information content (AvgIpc) is 2.44. The molecule has 0 saturated carbocycles. The molecule has 20 heavy (non-hydrogen) atoms. The normalized spacial score (nSPS) is 12.2. The minimum atomic E-state index is -0.200. The van der Waals surface area contributed by atoms with Gasteiger partial charge in [0.25, 0.3) is 0 Å². The Balaban J connectivity index is 2.36. The molecule has 0 fully saturated rings. The summed E-state index contributed by atoms with van der Waals surface area (Å²) in [7, 11) is 0. The van der Waals surface area contributed by atoms with E-state index in [-0.39, 0.29) is 6.04 Å². The van der Waals surface area contributed by atoms with Gasteiger partial charge in [0.1, 0.15) is 5.75 Å². The third-order valence-corrected chi connectivity index (χ3v) is 4.05. The van der Waals surface area contributed by atoms with Gasteiger partial charge >= 0.3 is 0 Å². The third kappa shape index (κ3) is 3.49. The Hall–Kier alpha value is -1.14. The maximum atomic E-state index is 6.13. The highest BCUT2D eigenvalue weighted by atomic mass is 79.9. The number of nitrogens with zero attached hydrogens (tertiary/aromatic N) is 1. The Morgan fingerprint density at radius 3 is 2.80 bits per heavy atom. The van der Waals surface area contributed by atoms with Crippen LogP contribution in [0, 0.1) is 0 Å². The molecular formula is C14H15BrClN3O. The first-order valence-electron chi connectivity index (χ1n) is 6.14. The van der Waals surface area contributed by atoms with Crippen LogP contribution >= 0.6 is 27.5 Å². The summed E-state index contributed by atoms with van der Waals surface area (Å²) in [4.78, 5) is 4.17. The van der Waals surface area contributed by atoms with Gasteiger partial charge in [0.2, 0.25) is 0 Å². The summed E-state index contributed by atoms with van der Waals surface area (Å²) < 4.78 is 6.30. The lowest BCUT2D eigenvalue weighted by molar-refractivity contribution is 0.338. The maximum Gasteiger partial charge on any atom is 0.137 e. The molecule has 6 heteroatoms. The first-order chi connectivity index (χ1) is 9.65. The number of hydrazine groups is 1. The number of hydrogen-bond donors (Lipinski definition) is 2. The second kappa shape index (κ2) is 7.04. The predicted molar refractivity (Wildman–Crippen MR) is 83.7 cm³/mol. The fourth-order valence-corrected chi connectivity index (χ4v) is 2.35. The van der Waals surface area contributed by atoms with E-state index in [4.69, 9.17) is 22.2 Å². The van der Waals surface area contributed by atoms with Gasteiger partial charge in [0.15, 0.2) is 0 Å². The van der Waals surface area contributed by atoms with Crippen LogP contribution in [-0.4, -0.2) is 11.6 Å². The molecule has 1 heterocycles. The van der Waals surface area contributed by atoms with Crippen LogP contribution in [0.15, 0.2) is 41.1 Å². The summed E-state index contributed by atoms with van der Waals surface area (Å²) in [6.07, 6.45) is 3.43. The predicted octanol–water partition coefficient (Wildman–Crippen LogP) is 3.45. The summed E-state index contributed by atoms with van der Waals surface area (Å²) in [5.74, 6) is 6.39. The lowest BCUT2D eigenvalue weighted by atomic mass is 10.0. The number of aromatic nitrogens is 1. The Labute approximate surface area is 131 Å². The van der Waals surface area contributed by atoms with Gasteiger partial charge in [0, 0.05) is 10.7 Å². The highest BCUT2D eigenvalue weighted by Crippen LogP contribution is 2.29. The van der Waals surface area contributed by atoms with E-state index in [1.54, 1.807) is 12.4 Å². The molecule has 106 valence electrons. The fraction of sp³-hybridized carbons (Fsp3) is 0.214. The summed E-state index contributed by atoms with van der Waals surface area (Å²) in [6, 6.07) is 7.42. The van der Waals surface area contributed by atoms with Crippen LogP contribution in [0.1, 0.15) is 24.1 Å². The van der Waals surface area contributed by atoms with Gasteiger partial charge in [-0.2, -0.15) is 0 Å². The highest BCUT2D eigenvalue weighted by molar-refractivity contribution is 9.10. The van der Waals surface area contributed by atoms with E-state index in [0.717, 1.165) is 15.6 Å². The molecule has 1 atom stereocenters. The molecule has 0 amide bonds. The Bertz CT molecular complexity index is 594. The molecular weight excluding hydrogens is 342 g/mol. The van der Waals surface area contributed by atoms with Crippen molar-refractivity contribution in [1.29, 1.82) is 0 Å². The molecule has 1 aromatic heterocycles. The van der Waals surface area contributed by atoms with Crippen molar-refractivity contribution < 1.29 is 4.74 Å². The van der Waals surface area contributed by atoms with Crippen LogP contribution in [0.5, 0.6) is 5.75 Å². The zero-order valence-electron chi connectivity index (χ0n) is 10.9. The number of nitrogens with one attached hydrogen (secondary N) is 1. The molecule has 1 aromatic carbocycles. The number of nitrogens with two attached hydrogens (primary N) is 1. The molecule has 0 saturated heterocycles. The van der Waals surface area contributed by atoms with Crippen molar-refractivity contribution in [3.8, 4) is 5.75 Å². The topological polar surface area (TPSA) is 60.2 Å². The van der Waals surface area contributed by atoms with Gasteiger partial charge in [0.05, 0.1) is 23.9 Å². The van der Waals surface area contributed by atoms with Crippen molar-refractivity contribution in [2.24, 2.45) is 5.84 Å². The fourth-order valence-electron chi connectivity index (χ4n) is 1.92. The minimum absolute atomic E-state index is 0.200. The van der Waals surface area contributed by atoms with E-state index < -0.39 is 0 Å². The lowest BCUT2D eigenvalue weighted by Crippen LogP contribution is -2.29. The molecule has 0 radical (unpaired) electrons. The number of pyridine rings is 1. The van der Waals surface area contributed by atoms with Gasteiger partial charge in [-0.25, -0.2) is 5.43 Å². The zero-order valence-corrected chi connectivity index (χ0v) is 13.3. The molecule has 0 aliphatic rings. The SMILES string of the molecule is CCOc1cncc(C(NN)c2ccc(Br)c(Cl)c2)c1. The molecule has 2 rings (SSSR count). The van der Waals surface area contributed by atoms with Gasteiger partial charge in [-0.05, 0) is 52.2 Å². The summed E-state index contributed by atoms with van der Waals surface area (Å²) >= 11 is 9.50. The van der Waals surface area contributed by atoms with Crippen molar-refractivity contribution in [1.82, 2.24) is 10.4 Å². The van der Waals surface area contributed by atoms with Crippen LogP contribution in [0.25, 0.3) is 0 Å².